The largest absolute Gasteiger partial charge is 0.396 e. The molecule has 4 nitrogen and oxygen atoms in total. The Bertz CT molecular complexity index is 221. The summed E-state index contributed by atoms with van der Waals surface area (Å²) in [7, 11) is 0. The first kappa shape index (κ1) is 16.4. The Kier molecular flexibility index (Phi) is 6.72. The van der Waals surface area contributed by atoms with Crippen LogP contribution in [0, 0.1) is 5.41 Å². The van der Waals surface area contributed by atoms with Gasteiger partial charge in [0, 0.05) is 12.0 Å². The normalized spacial score (nSPS) is 12.6. The molecule has 0 saturated heterocycles. The molecule has 0 aromatic rings. The van der Waals surface area contributed by atoms with Crippen LogP contribution in [0.2, 0.25) is 0 Å². The second-order valence-electron chi connectivity index (χ2n) is 5.54. The molecule has 0 rings (SSSR count). The Morgan fingerprint density at radius 2 is 1.76 bits per heavy atom. The number of nitrogens with one attached hydrogen (secondary N) is 1. The van der Waals surface area contributed by atoms with Crippen LogP contribution in [0.4, 0.5) is 0 Å². The first-order valence-electron chi connectivity index (χ1n) is 6.30. The molecule has 0 atom stereocenters. The number of carbonyl (C=O) groups is 1. The van der Waals surface area contributed by atoms with Gasteiger partial charge in [-0.3, -0.25) is 4.79 Å². The highest BCUT2D eigenvalue weighted by Crippen LogP contribution is 2.24. The minimum Gasteiger partial charge on any atom is -0.396 e. The van der Waals surface area contributed by atoms with Crippen LogP contribution in [-0.4, -0.2) is 36.4 Å². The van der Waals surface area contributed by atoms with Gasteiger partial charge in [0.2, 0.25) is 5.91 Å². The predicted molar refractivity (Wildman–Crippen MR) is 68.8 cm³/mol. The van der Waals surface area contributed by atoms with Crippen LogP contribution in [0.15, 0.2) is 0 Å². The molecular weight excluding hydrogens is 218 g/mol. The van der Waals surface area contributed by atoms with E-state index in [0.717, 1.165) is 12.8 Å². The van der Waals surface area contributed by atoms with E-state index in [9.17, 15) is 9.90 Å². The Morgan fingerprint density at radius 1 is 1.24 bits per heavy atom. The second kappa shape index (κ2) is 6.97. The lowest BCUT2D eigenvalue weighted by Gasteiger charge is -2.29. The maximum atomic E-state index is 11.6. The summed E-state index contributed by atoms with van der Waals surface area (Å²) in [6.07, 6.45) is 1.70. The van der Waals surface area contributed by atoms with Crippen LogP contribution in [0.5, 0.6) is 0 Å². The van der Waals surface area contributed by atoms with E-state index in [2.05, 4.69) is 5.32 Å². The second-order valence-corrected chi connectivity index (χ2v) is 5.54. The molecule has 0 aromatic heterocycles. The van der Waals surface area contributed by atoms with Crippen molar-refractivity contribution in [2.24, 2.45) is 5.41 Å². The fourth-order valence-corrected chi connectivity index (χ4v) is 1.40. The fraction of sp³-hybridized carbons (Fsp3) is 0.923. The zero-order chi connectivity index (χ0) is 13.5. The number of carbonyl (C=O) groups excluding carboxylic acids is 1. The first-order chi connectivity index (χ1) is 7.78. The van der Waals surface area contributed by atoms with Gasteiger partial charge in [0.15, 0.2) is 0 Å². The van der Waals surface area contributed by atoms with E-state index < -0.39 is 0 Å². The molecule has 0 aromatic carbocycles. The van der Waals surface area contributed by atoms with E-state index in [0.29, 0.717) is 6.54 Å². The van der Waals surface area contributed by atoms with E-state index in [1.807, 2.05) is 34.6 Å². The zero-order valence-corrected chi connectivity index (χ0v) is 11.8. The Morgan fingerprint density at radius 3 is 2.12 bits per heavy atom. The van der Waals surface area contributed by atoms with Gasteiger partial charge in [-0.2, -0.15) is 0 Å². The molecule has 0 fully saturated rings. The Labute approximate surface area is 105 Å². The molecule has 102 valence electrons. The van der Waals surface area contributed by atoms with Gasteiger partial charge in [0.25, 0.3) is 0 Å². The first-order valence-corrected chi connectivity index (χ1v) is 6.30. The van der Waals surface area contributed by atoms with E-state index in [1.54, 1.807) is 0 Å². The van der Waals surface area contributed by atoms with Gasteiger partial charge in [-0.15, -0.1) is 0 Å². The number of ether oxygens (including phenoxy) is 1. The molecule has 0 radical (unpaired) electrons. The van der Waals surface area contributed by atoms with Crippen molar-refractivity contribution in [3.8, 4) is 0 Å². The smallest absolute Gasteiger partial charge is 0.246 e. The highest BCUT2D eigenvalue weighted by atomic mass is 16.5. The molecule has 0 saturated carbocycles. The summed E-state index contributed by atoms with van der Waals surface area (Å²) in [6.45, 7) is 10.5. The quantitative estimate of drug-likeness (QED) is 0.718. The van der Waals surface area contributed by atoms with Crippen LogP contribution >= 0.6 is 0 Å². The lowest BCUT2D eigenvalue weighted by atomic mass is 9.83. The average molecular weight is 245 g/mol. The summed E-state index contributed by atoms with van der Waals surface area (Å²) in [5, 5.41) is 12.2. The molecular formula is C13H27NO3. The van der Waals surface area contributed by atoms with Gasteiger partial charge in [-0.1, -0.05) is 13.8 Å². The van der Waals surface area contributed by atoms with Gasteiger partial charge >= 0.3 is 0 Å². The van der Waals surface area contributed by atoms with Crippen molar-refractivity contribution in [3.63, 3.8) is 0 Å². The lowest BCUT2D eigenvalue weighted by molar-refractivity contribution is -0.131. The molecule has 0 unspecified atom stereocenters. The number of amides is 1. The fourth-order valence-electron chi connectivity index (χ4n) is 1.40. The molecule has 1 amide bonds. The Balaban J connectivity index is 4.06. The van der Waals surface area contributed by atoms with Gasteiger partial charge in [-0.05, 0) is 33.6 Å². The van der Waals surface area contributed by atoms with Gasteiger partial charge in [0.05, 0.1) is 12.2 Å². The molecule has 17 heavy (non-hydrogen) atoms. The summed E-state index contributed by atoms with van der Waals surface area (Å²) >= 11 is 0. The van der Waals surface area contributed by atoms with Crippen molar-refractivity contribution in [1.82, 2.24) is 5.32 Å². The van der Waals surface area contributed by atoms with E-state index >= 15 is 0 Å². The highest BCUT2D eigenvalue weighted by Gasteiger charge is 2.25. The molecule has 0 aliphatic rings. The Hall–Kier alpha value is -0.610. The van der Waals surface area contributed by atoms with Crippen LogP contribution in [0.3, 0.4) is 0 Å². The monoisotopic (exact) mass is 245 g/mol. The van der Waals surface area contributed by atoms with Crippen molar-refractivity contribution in [3.05, 3.63) is 0 Å². The maximum Gasteiger partial charge on any atom is 0.246 e. The third kappa shape index (κ3) is 6.64. The highest BCUT2D eigenvalue weighted by molar-refractivity contribution is 5.77. The van der Waals surface area contributed by atoms with Crippen molar-refractivity contribution in [1.29, 1.82) is 0 Å². The standard InChI is InChI=1S/C13H27NO3/c1-6-13(7-2,10-15)9-14-11(16)8-17-12(3,4)5/h15H,6-10H2,1-5H3,(H,14,16). The zero-order valence-electron chi connectivity index (χ0n) is 11.8. The van der Waals surface area contributed by atoms with E-state index in [-0.39, 0.29) is 30.1 Å². The minimum atomic E-state index is -0.305. The van der Waals surface area contributed by atoms with Gasteiger partial charge < -0.3 is 15.2 Å². The third-order valence-electron chi connectivity index (χ3n) is 3.13. The van der Waals surface area contributed by atoms with Gasteiger partial charge in [-0.25, -0.2) is 0 Å². The average Bonchev–Trinajstić information content (AvgIpc) is 2.28. The number of hydrogen-bond acceptors (Lipinski definition) is 3. The molecule has 0 aliphatic carbocycles. The summed E-state index contributed by atoms with van der Waals surface area (Å²) in [6, 6.07) is 0. The van der Waals surface area contributed by atoms with Crippen molar-refractivity contribution >= 4 is 5.91 Å². The SMILES string of the molecule is CCC(CC)(CO)CNC(=O)COC(C)(C)C. The van der Waals surface area contributed by atoms with Crippen LogP contribution in [-0.2, 0) is 9.53 Å². The number of aliphatic hydroxyl groups excluding tert-OH is 1. The van der Waals surface area contributed by atoms with Crippen LogP contribution in [0.25, 0.3) is 0 Å². The molecule has 0 bridgehead atoms. The topological polar surface area (TPSA) is 58.6 Å². The molecule has 0 aliphatic heterocycles. The van der Waals surface area contributed by atoms with Crippen LogP contribution in [0.1, 0.15) is 47.5 Å². The predicted octanol–water partition coefficient (Wildman–Crippen LogP) is 1.72. The van der Waals surface area contributed by atoms with Crippen LogP contribution < -0.4 is 5.32 Å². The molecule has 0 spiro atoms. The van der Waals surface area contributed by atoms with E-state index in [1.165, 1.54) is 0 Å². The summed E-state index contributed by atoms with van der Waals surface area (Å²) in [5.74, 6) is -0.125. The molecule has 2 N–H and O–H groups in total. The third-order valence-corrected chi connectivity index (χ3v) is 3.13. The van der Waals surface area contributed by atoms with Crippen molar-refractivity contribution in [2.75, 3.05) is 19.8 Å². The van der Waals surface area contributed by atoms with Crippen molar-refractivity contribution < 1.29 is 14.6 Å². The minimum absolute atomic E-state index is 0.0679. The molecule has 0 heterocycles. The number of rotatable bonds is 7. The molecule has 4 heteroatoms. The lowest BCUT2D eigenvalue weighted by Crippen LogP contribution is -2.41. The number of aliphatic hydroxyl groups is 1. The van der Waals surface area contributed by atoms with E-state index in [4.69, 9.17) is 4.74 Å². The van der Waals surface area contributed by atoms with Crippen molar-refractivity contribution in [2.45, 2.75) is 53.1 Å². The van der Waals surface area contributed by atoms with Gasteiger partial charge in [0.1, 0.15) is 6.61 Å². The number of hydrogen-bond donors (Lipinski definition) is 2. The maximum absolute atomic E-state index is 11.6. The summed E-state index contributed by atoms with van der Waals surface area (Å²) in [4.78, 5) is 11.6. The summed E-state index contributed by atoms with van der Waals surface area (Å²) in [5.41, 5.74) is -0.502. The summed E-state index contributed by atoms with van der Waals surface area (Å²) < 4.78 is 5.38.